The van der Waals surface area contributed by atoms with E-state index in [1.807, 2.05) is 30.3 Å². The van der Waals surface area contributed by atoms with Crippen LogP contribution in [0.25, 0.3) is 0 Å². The van der Waals surface area contributed by atoms with Gasteiger partial charge in [-0.25, -0.2) is 0 Å². The average molecular weight is 431 g/mol. The van der Waals surface area contributed by atoms with Gasteiger partial charge < -0.3 is 15.0 Å². The fraction of sp³-hybridized carbons (Fsp3) is 0.409. The van der Waals surface area contributed by atoms with E-state index < -0.39 is 0 Å². The molecule has 0 spiro atoms. The summed E-state index contributed by atoms with van der Waals surface area (Å²) in [5.74, 6) is 0.498. The Bertz CT molecular complexity index is 791. The van der Waals surface area contributed by atoms with Gasteiger partial charge in [0, 0.05) is 24.5 Å². The summed E-state index contributed by atoms with van der Waals surface area (Å²) in [6, 6.07) is 14.0. The van der Waals surface area contributed by atoms with Crippen molar-refractivity contribution in [1.82, 2.24) is 0 Å². The summed E-state index contributed by atoms with van der Waals surface area (Å²) in [6.45, 7) is 8.69. The Balaban J connectivity index is 1.53. The van der Waals surface area contributed by atoms with Crippen LogP contribution in [0.3, 0.4) is 0 Å². The zero-order valence-electron chi connectivity index (χ0n) is 16.2. The number of benzene rings is 2. The topological polar surface area (TPSA) is 41.6 Å². The van der Waals surface area contributed by atoms with Crippen molar-refractivity contribution in [2.75, 3.05) is 29.9 Å². The Morgan fingerprint density at radius 3 is 2.37 bits per heavy atom. The number of carbonyl (C=O) groups is 1. The van der Waals surface area contributed by atoms with E-state index in [1.165, 1.54) is 24.1 Å². The van der Waals surface area contributed by atoms with Crippen LogP contribution in [0.1, 0.15) is 39.2 Å². The molecule has 1 saturated heterocycles. The molecule has 0 aromatic heterocycles. The van der Waals surface area contributed by atoms with Gasteiger partial charge in [-0.2, -0.15) is 0 Å². The molecule has 27 heavy (non-hydrogen) atoms. The quantitative estimate of drug-likeness (QED) is 0.693. The fourth-order valence-corrected chi connectivity index (χ4v) is 3.65. The molecule has 0 aliphatic carbocycles. The van der Waals surface area contributed by atoms with Crippen LogP contribution in [0, 0.1) is 0 Å². The smallest absolute Gasteiger partial charge is 0.262 e. The molecule has 0 unspecified atom stereocenters. The third kappa shape index (κ3) is 5.25. The predicted molar refractivity (Wildman–Crippen MR) is 115 cm³/mol. The molecule has 0 bridgehead atoms. The van der Waals surface area contributed by atoms with Crippen molar-refractivity contribution in [3.8, 4) is 5.75 Å². The van der Waals surface area contributed by atoms with Crippen molar-refractivity contribution in [3.05, 3.63) is 52.5 Å². The second-order valence-electron chi connectivity index (χ2n) is 7.97. The molecule has 1 aliphatic rings. The first-order valence-corrected chi connectivity index (χ1v) is 10.2. The number of hydrogen-bond acceptors (Lipinski definition) is 3. The van der Waals surface area contributed by atoms with Crippen LogP contribution in [0.2, 0.25) is 0 Å². The maximum Gasteiger partial charge on any atom is 0.262 e. The Labute approximate surface area is 170 Å². The molecule has 1 heterocycles. The molecular weight excluding hydrogens is 404 g/mol. The number of ether oxygens (including phenoxy) is 1. The zero-order valence-corrected chi connectivity index (χ0v) is 17.8. The van der Waals surface area contributed by atoms with Crippen LogP contribution in [-0.2, 0) is 10.2 Å². The molecule has 5 heteroatoms. The summed E-state index contributed by atoms with van der Waals surface area (Å²) in [6.07, 6.45) is 2.50. The van der Waals surface area contributed by atoms with Crippen molar-refractivity contribution in [3.63, 3.8) is 0 Å². The van der Waals surface area contributed by atoms with Gasteiger partial charge in [-0.05, 0) is 76.1 Å². The molecule has 4 nitrogen and oxygen atoms in total. The van der Waals surface area contributed by atoms with Crippen molar-refractivity contribution < 1.29 is 9.53 Å². The Morgan fingerprint density at radius 2 is 1.78 bits per heavy atom. The lowest BCUT2D eigenvalue weighted by molar-refractivity contribution is -0.118. The first-order valence-electron chi connectivity index (χ1n) is 9.40. The highest BCUT2D eigenvalue weighted by Crippen LogP contribution is 2.31. The first kappa shape index (κ1) is 19.7. The van der Waals surface area contributed by atoms with Gasteiger partial charge in [-0.3, -0.25) is 4.79 Å². The number of amides is 1. The van der Waals surface area contributed by atoms with Crippen molar-refractivity contribution in [1.29, 1.82) is 0 Å². The minimum absolute atomic E-state index is 0.0264. The molecule has 0 atom stereocenters. The summed E-state index contributed by atoms with van der Waals surface area (Å²) < 4.78 is 6.54. The number of anilines is 2. The molecule has 3 rings (SSSR count). The molecule has 2 aromatic carbocycles. The lowest BCUT2D eigenvalue weighted by Crippen LogP contribution is -2.21. The predicted octanol–water partition coefficient (Wildman–Crippen LogP) is 5.36. The minimum atomic E-state index is -0.171. The summed E-state index contributed by atoms with van der Waals surface area (Å²) in [5.41, 5.74) is 3.28. The van der Waals surface area contributed by atoms with Gasteiger partial charge in [0.25, 0.3) is 5.91 Å². The van der Waals surface area contributed by atoms with Crippen molar-refractivity contribution in [2.45, 2.75) is 39.0 Å². The van der Waals surface area contributed by atoms with E-state index in [9.17, 15) is 4.79 Å². The van der Waals surface area contributed by atoms with Crippen LogP contribution < -0.4 is 15.0 Å². The van der Waals surface area contributed by atoms with E-state index >= 15 is 0 Å². The average Bonchev–Trinajstić information content (AvgIpc) is 3.15. The second kappa shape index (κ2) is 8.34. The third-order valence-electron chi connectivity index (χ3n) is 4.78. The lowest BCUT2D eigenvalue weighted by atomic mass is 9.87. The molecule has 144 valence electrons. The van der Waals surface area contributed by atoms with Crippen LogP contribution in [0.15, 0.2) is 46.9 Å². The highest BCUT2D eigenvalue weighted by Gasteiger charge is 2.16. The fourth-order valence-electron chi connectivity index (χ4n) is 3.16. The molecule has 1 amide bonds. The molecule has 1 aliphatic heterocycles. The normalized spacial score (nSPS) is 14.3. The van der Waals surface area contributed by atoms with Crippen LogP contribution >= 0.6 is 15.9 Å². The van der Waals surface area contributed by atoms with Crippen LogP contribution in [0.4, 0.5) is 11.4 Å². The zero-order chi connectivity index (χ0) is 19.4. The SMILES string of the molecule is CC(C)(C)c1ccc(OCC(=O)Nc2ccc(N3CCCC3)cc2)c(Br)c1. The van der Waals surface area contributed by atoms with Gasteiger partial charge >= 0.3 is 0 Å². The van der Waals surface area contributed by atoms with Gasteiger partial charge in [-0.1, -0.05) is 26.8 Å². The largest absolute Gasteiger partial charge is 0.483 e. The van der Waals surface area contributed by atoms with E-state index in [4.69, 9.17) is 4.74 Å². The highest BCUT2D eigenvalue weighted by atomic mass is 79.9. The standard InChI is InChI=1S/C22H27BrN2O2/c1-22(2,3)16-6-11-20(19(23)14-16)27-15-21(26)24-17-7-9-18(10-8-17)25-12-4-5-13-25/h6-11,14H,4-5,12-13,15H2,1-3H3,(H,24,26). The maximum absolute atomic E-state index is 12.2. The summed E-state index contributed by atoms with van der Waals surface area (Å²) in [7, 11) is 0. The summed E-state index contributed by atoms with van der Waals surface area (Å²) in [4.78, 5) is 14.6. The molecule has 1 N–H and O–H groups in total. The minimum Gasteiger partial charge on any atom is -0.483 e. The number of halogens is 1. The Morgan fingerprint density at radius 1 is 1.11 bits per heavy atom. The van der Waals surface area contributed by atoms with Crippen molar-refractivity contribution in [2.24, 2.45) is 0 Å². The Hall–Kier alpha value is -2.01. The molecule has 0 radical (unpaired) electrons. The molecule has 1 fully saturated rings. The number of nitrogens with zero attached hydrogens (tertiary/aromatic N) is 1. The molecular formula is C22H27BrN2O2. The van der Waals surface area contributed by atoms with Crippen LogP contribution in [-0.4, -0.2) is 25.6 Å². The number of nitrogens with one attached hydrogen (secondary N) is 1. The first-order chi connectivity index (χ1) is 12.8. The monoisotopic (exact) mass is 430 g/mol. The maximum atomic E-state index is 12.2. The third-order valence-corrected chi connectivity index (χ3v) is 5.40. The van der Waals surface area contributed by atoms with Gasteiger partial charge in [0.05, 0.1) is 4.47 Å². The number of carbonyl (C=O) groups excluding carboxylic acids is 1. The second-order valence-corrected chi connectivity index (χ2v) is 8.83. The lowest BCUT2D eigenvalue weighted by Gasteiger charge is -2.20. The molecule has 2 aromatic rings. The van der Waals surface area contributed by atoms with E-state index in [1.54, 1.807) is 0 Å². The number of hydrogen-bond donors (Lipinski definition) is 1. The number of rotatable bonds is 5. The van der Waals surface area contributed by atoms with Gasteiger partial charge in [0.2, 0.25) is 0 Å². The molecule has 0 saturated carbocycles. The van der Waals surface area contributed by atoms with Gasteiger partial charge in [-0.15, -0.1) is 0 Å². The van der Waals surface area contributed by atoms with E-state index in [2.05, 4.69) is 59.1 Å². The van der Waals surface area contributed by atoms with Crippen LogP contribution in [0.5, 0.6) is 5.75 Å². The van der Waals surface area contributed by atoms with E-state index in [0.29, 0.717) is 5.75 Å². The van der Waals surface area contributed by atoms with E-state index in [-0.39, 0.29) is 17.9 Å². The summed E-state index contributed by atoms with van der Waals surface area (Å²) in [5, 5.41) is 2.89. The highest BCUT2D eigenvalue weighted by molar-refractivity contribution is 9.10. The van der Waals surface area contributed by atoms with Gasteiger partial charge in [0.15, 0.2) is 6.61 Å². The Kier molecular flexibility index (Phi) is 6.10. The van der Waals surface area contributed by atoms with E-state index in [0.717, 1.165) is 23.2 Å². The summed E-state index contributed by atoms with van der Waals surface area (Å²) >= 11 is 3.54. The van der Waals surface area contributed by atoms with Crippen molar-refractivity contribution >= 4 is 33.2 Å². The van der Waals surface area contributed by atoms with Gasteiger partial charge in [0.1, 0.15) is 5.75 Å².